The predicted molar refractivity (Wildman–Crippen MR) is 110 cm³/mol. The highest BCUT2D eigenvalue weighted by atomic mass is 16.5. The molecule has 1 aromatic heterocycles. The van der Waals surface area contributed by atoms with Gasteiger partial charge in [-0.3, -0.25) is 14.7 Å². The van der Waals surface area contributed by atoms with Gasteiger partial charge in [-0.15, -0.1) is 0 Å². The molecular weight excluding hydrogens is 372 g/mol. The first-order chi connectivity index (χ1) is 13.9. The van der Waals surface area contributed by atoms with Crippen LogP contribution in [0.4, 0.5) is 5.95 Å². The molecule has 2 aliphatic heterocycles. The van der Waals surface area contributed by atoms with Crippen molar-refractivity contribution in [2.24, 2.45) is 0 Å². The molecule has 1 aromatic carbocycles. The van der Waals surface area contributed by atoms with Crippen LogP contribution in [0.2, 0.25) is 0 Å². The molecule has 2 atom stereocenters. The molecular formula is C21H28N4O4. The minimum absolute atomic E-state index is 0.0430. The monoisotopic (exact) mass is 400 g/mol. The summed E-state index contributed by atoms with van der Waals surface area (Å²) >= 11 is 0. The van der Waals surface area contributed by atoms with Crippen LogP contribution in [0.25, 0.3) is 0 Å². The zero-order valence-electron chi connectivity index (χ0n) is 17.1. The summed E-state index contributed by atoms with van der Waals surface area (Å²) in [5.74, 6) is 1.22. The van der Waals surface area contributed by atoms with Crippen LogP contribution in [0.5, 0.6) is 11.5 Å². The third kappa shape index (κ3) is 4.23. The van der Waals surface area contributed by atoms with Gasteiger partial charge in [0.1, 0.15) is 0 Å². The lowest BCUT2D eigenvalue weighted by atomic mass is 10.1. The van der Waals surface area contributed by atoms with Crippen molar-refractivity contribution >= 4 is 5.95 Å². The van der Waals surface area contributed by atoms with E-state index >= 15 is 0 Å². The van der Waals surface area contributed by atoms with Crippen LogP contribution in [0.3, 0.4) is 0 Å². The number of ether oxygens (including phenoxy) is 2. The largest absolute Gasteiger partial charge is 0.504 e. The van der Waals surface area contributed by atoms with E-state index in [-0.39, 0.29) is 23.5 Å². The number of hydrogen-bond acceptors (Lipinski definition) is 7. The summed E-state index contributed by atoms with van der Waals surface area (Å²) in [6.07, 6.45) is 0.856. The van der Waals surface area contributed by atoms with Crippen LogP contribution in [-0.2, 0) is 24.2 Å². The summed E-state index contributed by atoms with van der Waals surface area (Å²) < 4.78 is 10.9. The second-order valence-corrected chi connectivity index (χ2v) is 7.94. The predicted octanol–water partition coefficient (Wildman–Crippen LogP) is 1.66. The molecule has 1 fully saturated rings. The van der Waals surface area contributed by atoms with Crippen LogP contribution in [0.15, 0.2) is 23.0 Å². The topological polar surface area (TPSA) is 90.9 Å². The first-order valence-electron chi connectivity index (χ1n) is 10.0. The third-order valence-corrected chi connectivity index (χ3v) is 5.51. The number of anilines is 1. The van der Waals surface area contributed by atoms with Crippen LogP contribution in [-0.4, -0.2) is 58.9 Å². The molecule has 0 bridgehead atoms. The molecule has 29 heavy (non-hydrogen) atoms. The van der Waals surface area contributed by atoms with Crippen molar-refractivity contribution in [3.05, 3.63) is 45.4 Å². The number of H-pyrrole nitrogens is 1. The van der Waals surface area contributed by atoms with E-state index in [0.717, 1.165) is 23.4 Å². The average Bonchev–Trinajstić information content (AvgIpc) is 2.67. The molecule has 3 heterocycles. The fourth-order valence-corrected chi connectivity index (χ4v) is 4.21. The summed E-state index contributed by atoms with van der Waals surface area (Å²) in [6.45, 7) is 7.54. The highest BCUT2D eigenvalue weighted by molar-refractivity contribution is 5.42. The molecule has 8 heteroatoms. The highest BCUT2D eigenvalue weighted by Crippen LogP contribution is 2.27. The molecule has 1 saturated heterocycles. The average molecular weight is 400 g/mol. The number of nitrogens with zero attached hydrogens (tertiary/aromatic N) is 3. The SMILES string of the molecule is COc1ccc(CN2CCc3c(nc(N4C[C@@H](C)O[C@@H](C)C4)[nH]c3=O)C2)cc1O. The minimum Gasteiger partial charge on any atom is -0.504 e. The number of benzene rings is 1. The fraction of sp³-hybridized carbons (Fsp3) is 0.524. The molecule has 2 aliphatic rings. The highest BCUT2D eigenvalue weighted by Gasteiger charge is 2.27. The molecule has 2 N–H and O–H groups in total. The van der Waals surface area contributed by atoms with Crippen LogP contribution >= 0.6 is 0 Å². The molecule has 4 rings (SSSR count). The summed E-state index contributed by atoms with van der Waals surface area (Å²) in [5.41, 5.74) is 2.56. The second kappa shape index (κ2) is 8.04. The van der Waals surface area contributed by atoms with E-state index in [4.69, 9.17) is 14.5 Å². The van der Waals surface area contributed by atoms with Gasteiger partial charge in [0.2, 0.25) is 5.95 Å². The van der Waals surface area contributed by atoms with Crippen LogP contribution < -0.4 is 15.2 Å². The number of fused-ring (bicyclic) bond motifs is 1. The Hall–Kier alpha value is -2.58. The van der Waals surface area contributed by atoms with E-state index in [0.29, 0.717) is 44.3 Å². The van der Waals surface area contributed by atoms with Gasteiger partial charge < -0.3 is 19.5 Å². The molecule has 0 amide bonds. The number of aromatic amines is 1. The van der Waals surface area contributed by atoms with Crippen molar-refractivity contribution in [1.29, 1.82) is 0 Å². The Morgan fingerprint density at radius 2 is 2.07 bits per heavy atom. The Balaban J connectivity index is 1.53. The summed E-state index contributed by atoms with van der Waals surface area (Å²) in [7, 11) is 1.53. The maximum absolute atomic E-state index is 12.7. The van der Waals surface area contributed by atoms with Crippen molar-refractivity contribution in [3.63, 3.8) is 0 Å². The quantitative estimate of drug-likeness (QED) is 0.806. The fourth-order valence-electron chi connectivity index (χ4n) is 4.21. The number of methoxy groups -OCH3 is 1. The Morgan fingerprint density at radius 3 is 2.76 bits per heavy atom. The lowest BCUT2D eigenvalue weighted by molar-refractivity contribution is -0.00576. The van der Waals surface area contributed by atoms with E-state index in [1.54, 1.807) is 12.1 Å². The van der Waals surface area contributed by atoms with Gasteiger partial charge in [0.05, 0.1) is 25.0 Å². The molecule has 156 valence electrons. The Labute approximate surface area is 170 Å². The van der Waals surface area contributed by atoms with Gasteiger partial charge in [0.15, 0.2) is 11.5 Å². The first kappa shape index (κ1) is 19.7. The molecule has 0 saturated carbocycles. The second-order valence-electron chi connectivity index (χ2n) is 7.94. The van der Waals surface area contributed by atoms with Crippen molar-refractivity contribution in [3.8, 4) is 11.5 Å². The molecule has 0 aliphatic carbocycles. The smallest absolute Gasteiger partial charge is 0.255 e. The van der Waals surface area contributed by atoms with E-state index in [9.17, 15) is 9.90 Å². The maximum atomic E-state index is 12.7. The molecule has 2 aromatic rings. The summed E-state index contributed by atoms with van der Waals surface area (Å²) in [4.78, 5) is 24.8. The number of aromatic hydroxyl groups is 1. The minimum atomic E-state index is -0.0430. The number of nitrogens with one attached hydrogen (secondary N) is 1. The van der Waals surface area contributed by atoms with Gasteiger partial charge >= 0.3 is 0 Å². The Kier molecular flexibility index (Phi) is 5.47. The molecule has 0 unspecified atom stereocenters. The lowest BCUT2D eigenvalue weighted by Gasteiger charge is -2.36. The number of phenols is 1. The van der Waals surface area contributed by atoms with E-state index < -0.39 is 0 Å². The van der Waals surface area contributed by atoms with Gasteiger partial charge in [-0.05, 0) is 38.0 Å². The number of morpholine rings is 1. The zero-order chi connectivity index (χ0) is 20.5. The Bertz CT molecular complexity index is 935. The summed E-state index contributed by atoms with van der Waals surface area (Å²) in [5, 5.41) is 10.0. The van der Waals surface area contributed by atoms with Crippen LogP contribution in [0.1, 0.15) is 30.7 Å². The molecule has 0 spiro atoms. The molecule has 8 nitrogen and oxygen atoms in total. The zero-order valence-corrected chi connectivity index (χ0v) is 17.1. The number of phenolic OH excluding ortho intramolecular Hbond substituents is 1. The van der Waals surface area contributed by atoms with Gasteiger partial charge in [-0.2, -0.15) is 0 Å². The summed E-state index contributed by atoms with van der Waals surface area (Å²) in [6, 6.07) is 5.44. The third-order valence-electron chi connectivity index (χ3n) is 5.51. The number of rotatable bonds is 4. The Morgan fingerprint density at radius 1 is 1.31 bits per heavy atom. The van der Waals surface area contributed by atoms with E-state index in [1.165, 1.54) is 7.11 Å². The standard InChI is InChI=1S/C21H28N4O4/c1-13-9-25(10-14(2)29-13)21-22-17-12-24(7-6-16(17)20(27)23-21)11-15-4-5-19(28-3)18(26)8-15/h4-5,8,13-14,26H,6-7,9-12H2,1-3H3,(H,22,23,27)/t13-,14+. The van der Waals surface area contributed by atoms with Crippen molar-refractivity contribution < 1.29 is 14.6 Å². The van der Waals surface area contributed by atoms with E-state index in [2.05, 4.69) is 14.8 Å². The van der Waals surface area contributed by atoms with Gasteiger partial charge in [0.25, 0.3) is 5.56 Å². The number of aromatic nitrogens is 2. The normalized spacial score (nSPS) is 22.4. The van der Waals surface area contributed by atoms with Gasteiger partial charge in [-0.25, -0.2) is 4.98 Å². The van der Waals surface area contributed by atoms with Crippen molar-refractivity contribution in [2.75, 3.05) is 31.6 Å². The van der Waals surface area contributed by atoms with Gasteiger partial charge in [0, 0.05) is 38.3 Å². The molecule has 0 radical (unpaired) electrons. The van der Waals surface area contributed by atoms with Crippen LogP contribution in [0, 0.1) is 0 Å². The van der Waals surface area contributed by atoms with Gasteiger partial charge in [-0.1, -0.05) is 6.07 Å². The van der Waals surface area contributed by atoms with E-state index in [1.807, 2.05) is 19.9 Å². The van der Waals surface area contributed by atoms with Crippen molar-refractivity contribution in [1.82, 2.24) is 14.9 Å². The lowest BCUT2D eigenvalue weighted by Crippen LogP contribution is -2.47. The maximum Gasteiger partial charge on any atom is 0.255 e. The number of hydrogen-bond donors (Lipinski definition) is 2. The van der Waals surface area contributed by atoms with Crippen molar-refractivity contribution in [2.45, 2.75) is 45.6 Å². The first-order valence-corrected chi connectivity index (χ1v) is 10.0.